The van der Waals surface area contributed by atoms with Gasteiger partial charge in [-0.1, -0.05) is 0 Å². The molecule has 130 valence electrons. The van der Waals surface area contributed by atoms with Crippen LogP contribution in [0.4, 0.5) is 13.2 Å². The first-order chi connectivity index (χ1) is 10.5. The van der Waals surface area contributed by atoms with Crippen LogP contribution in [-0.4, -0.2) is 40.0 Å². The van der Waals surface area contributed by atoms with E-state index in [1.165, 1.54) is 0 Å². The Kier molecular flexibility index (Phi) is 5.78. The molecule has 0 aliphatic heterocycles. The molecule has 0 bridgehead atoms. The number of halogens is 3. The number of aliphatic hydroxyl groups excluding tert-OH is 1. The minimum atomic E-state index is -5.05. The molecule has 0 radical (unpaired) electrons. The molecule has 1 aromatic rings. The number of carbonyl (C=O) groups is 1. The van der Waals surface area contributed by atoms with Crippen LogP contribution in [0.2, 0.25) is 0 Å². The smallest absolute Gasteiger partial charge is 0.420 e. The summed E-state index contributed by atoms with van der Waals surface area (Å²) in [6.07, 6.45) is -8.07. The van der Waals surface area contributed by atoms with E-state index in [1.54, 1.807) is 14.0 Å². The molecule has 7 nitrogen and oxygen atoms in total. The number of aromatic nitrogens is 1. The minimum absolute atomic E-state index is 0.00255. The minimum Gasteiger partial charge on any atom is -0.503 e. The highest BCUT2D eigenvalue weighted by molar-refractivity contribution is 5.81. The molecule has 1 heterocycles. The molecule has 0 aliphatic carbocycles. The molecule has 10 heteroatoms. The number of hydrogen-bond donors (Lipinski definition) is 4. The lowest BCUT2D eigenvalue weighted by atomic mass is 10.1. The Morgan fingerprint density at radius 2 is 2.00 bits per heavy atom. The quantitative estimate of drug-likeness (QED) is 0.601. The van der Waals surface area contributed by atoms with E-state index in [0.717, 1.165) is 17.7 Å². The van der Waals surface area contributed by atoms with Crippen molar-refractivity contribution in [1.82, 2.24) is 15.2 Å². The average molecular weight is 337 g/mol. The van der Waals surface area contributed by atoms with Crippen LogP contribution in [0.3, 0.4) is 0 Å². The van der Waals surface area contributed by atoms with Crippen LogP contribution < -0.4 is 16.1 Å². The molecular weight excluding hydrogens is 319 g/mol. The van der Waals surface area contributed by atoms with Crippen molar-refractivity contribution >= 4 is 5.91 Å². The van der Waals surface area contributed by atoms with Crippen LogP contribution in [-0.2, 0) is 18.4 Å². The van der Waals surface area contributed by atoms with Gasteiger partial charge in [-0.15, -0.1) is 0 Å². The van der Waals surface area contributed by atoms with Gasteiger partial charge in [0.1, 0.15) is 5.69 Å². The summed E-state index contributed by atoms with van der Waals surface area (Å²) in [6.45, 7) is 1.33. The lowest BCUT2D eigenvalue weighted by Crippen LogP contribution is -2.40. The topological polar surface area (TPSA) is 104 Å². The molecule has 0 fully saturated rings. The predicted octanol–water partition coefficient (Wildman–Crippen LogP) is -0.0893. The third-order valence-electron chi connectivity index (χ3n) is 3.40. The third kappa shape index (κ3) is 4.23. The number of aromatic hydroxyl groups is 1. The van der Waals surface area contributed by atoms with E-state index in [9.17, 15) is 33.0 Å². The van der Waals surface area contributed by atoms with E-state index in [0.29, 0.717) is 0 Å². The maximum absolute atomic E-state index is 12.7. The maximum Gasteiger partial charge on any atom is 0.420 e. The highest BCUT2D eigenvalue weighted by Gasteiger charge is 2.43. The maximum atomic E-state index is 12.7. The molecule has 0 aromatic carbocycles. The van der Waals surface area contributed by atoms with Gasteiger partial charge < -0.3 is 25.4 Å². The first-order valence-corrected chi connectivity index (χ1v) is 6.62. The SMILES string of the molecule is CN[C@@H](C)C(=O)NCc1cc(=O)c(O)c(C(O)C(F)(F)F)n1C. The molecular formula is C13H18F3N3O4. The van der Waals surface area contributed by atoms with E-state index < -0.39 is 41.1 Å². The van der Waals surface area contributed by atoms with Crippen molar-refractivity contribution in [2.45, 2.75) is 31.8 Å². The summed E-state index contributed by atoms with van der Waals surface area (Å²) in [4.78, 5) is 23.3. The predicted molar refractivity (Wildman–Crippen MR) is 74.7 cm³/mol. The van der Waals surface area contributed by atoms with Crippen molar-refractivity contribution in [3.63, 3.8) is 0 Å². The summed E-state index contributed by atoms with van der Waals surface area (Å²) in [5.74, 6) is -1.61. The molecule has 1 amide bonds. The van der Waals surface area contributed by atoms with Crippen molar-refractivity contribution in [2.75, 3.05) is 7.05 Å². The van der Waals surface area contributed by atoms with Crippen LogP contribution >= 0.6 is 0 Å². The zero-order valence-electron chi connectivity index (χ0n) is 12.7. The fourth-order valence-corrected chi connectivity index (χ4v) is 1.86. The van der Waals surface area contributed by atoms with Gasteiger partial charge in [-0.2, -0.15) is 13.2 Å². The molecule has 1 unspecified atom stereocenters. The summed E-state index contributed by atoms with van der Waals surface area (Å²) in [7, 11) is 2.70. The summed E-state index contributed by atoms with van der Waals surface area (Å²) in [5, 5.41) is 24.0. The average Bonchev–Trinajstić information content (AvgIpc) is 2.47. The number of alkyl halides is 3. The molecule has 4 N–H and O–H groups in total. The van der Waals surface area contributed by atoms with E-state index in [1.807, 2.05) is 0 Å². The van der Waals surface area contributed by atoms with Gasteiger partial charge in [-0.05, 0) is 14.0 Å². The number of nitrogens with one attached hydrogen (secondary N) is 2. The van der Waals surface area contributed by atoms with Crippen LogP contribution in [0.15, 0.2) is 10.9 Å². The highest BCUT2D eigenvalue weighted by atomic mass is 19.4. The van der Waals surface area contributed by atoms with Crippen LogP contribution in [0, 0.1) is 0 Å². The van der Waals surface area contributed by atoms with Crippen molar-refractivity contribution in [2.24, 2.45) is 7.05 Å². The Labute approximate surface area is 129 Å². The monoisotopic (exact) mass is 337 g/mol. The fraction of sp³-hybridized carbons (Fsp3) is 0.538. The number of aliphatic hydroxyl groups is 1. The van der Waals surface area contributed by atoms with Gasteiger partial charge in [-0.25, -0.2) is 0 Å². The molecule has 0 spiro atoms. The fourth-order valence-electron chi connectivity index (χ4n) is 1.86. The van der Waals surface area contributed by atoms with Crippen LogP contribution in [0.25, 0.3) is 0 Å². The summed E-state index contributed by atoms with van der Waals surface area (Å²) >= 11 is 0. The molecule has 1 aromatic heterocycles. The molecule has 0 aliphatic rings. The summed E-state index contributed by atoms with van der Waals surface area (Å²) < 4.78 is 38.8. The molecule has 0 saturated carbocycles. The Hall–Kier alpha value is -2.07. The van der Waals surface area contributed by atoms with Crippen molar-refractivity contribution < 1.29 is 28.2 Å². The number of likely N-dealkylation sites (N-methyl/N-ethyl adjacent to an activating group) is 1. The van der Waals surface area contributed by atoms with Gasteiger partial charge in [0.05, 0.1) is 12.6 Å². The van der Waals surface area contributed by atoms with E-state index in [2.05, 4.69) is 10.6 Å². The zero-order chi connectivity index (χ0) is 17.9. The van der Waals surface area contributed by atoms with E-state index in [4.69, 9.17) is 0 Å². The normalized spacial score (nSPS) is 14.4. The summed E-state index contributed by atoms with van der Waals surface area (Å²) in [5.41, 5.74) is -2.05. The lowest BCUT2D eigenvalue weighted by Gasteiger charge is -2.22. The van der Waals surface area contributed by atoms with Gasteiger partial charge in [-0.3, -0.25) is 9.59 Å². The van der Waals surface area contributed by atoms with Crippen molar-refractivity contribution in [3.05, 3.63) is 27.7 Å². The Bertz CT molecular complexity index is 643. The van der Waals surface area contributed by atoms with Crippen molar-refractivity contribution in [3.8, 4) is 5.75 Å². The first-order valence-electron chi connectivity index (χ1n) is 6.62. The number of pyridine rings is 1. The zero-order valence-corrected chi connectivity index (χ0v) is 12.7. The van der Waals surface area contributed by atoms with Gasteiger partial charge in [0.25, 0.3) is 0 Å². The second kappa shape index (κ2) is 7.01. The first kappa shape index (κ1) is 19.0. The molecule has 0 saturated heterocycles. The second-order valence-electron chi connectivity index (χ2n) is 4.97. The Balaban J connectivity index is 3.20. The lowest BCUT2D eigenvalue weighted by molar-refractivity contribution is -0.209. The van der Waals surface area contributed by atoms with Crippen LogP contribution in [0.1, 0.15) is 24.4 Å². The highest BCUT2D eigenvalue weighted by Crippen LogP contribution is 2.35. The number of amides is 1. The Morgan fingerprint density at radius 1 is 1.43 bits per heavy atom. The standard InChI is InChI=1S/C13H18F3N3O4/c1-6(17-2)12(23)18-5-7-4-8(20)10(21)9(19(7)3)11(22)13(14,15)16/h4,6,11,17,21-22H,5H2,1-3H3,(H,18,23)/t6-,11?/m0/s1. The number of nitrogens with zero attached hydrogens (tertiary/aromatic N) is 1. The Morgan fingerprint density at radius 3 is 2.48 bits per heavy atom. The largest absolute Gasteiger partial charge is 0.503 e. The van der Waals surface area contributed by atoms with Gasteiger partial charge in [0.15, 0.2) is 11.9 Å². The van der Waals surface area contributed by atoms with E-state index in [-0.39, 0.29) is 12.2 Å². The second-order valence-corrected chi connectivity index (χ2v) is 4.97. The number of hydrogen-bond acceptors (Lipinski definition) is 5. The third-order valence-corrected chi connectivity index (χ3v) is 3.40. The van der Waals surface area contributed by atoms with E-state index >= 15 is 0 Å². The van der Waals surface area contributed by atoms with Crippen LogP contribution in [0.5, 0.6) is 5.75 Å². The number of rotatable bonds is 5. The van der Waals surface area contributed by atoms with Gasteiger partial charge >= 0.3 is 6.18 Å². The van der Waals surface area contributed by atoms with Gasteiger partial charge in [0, 0.05) is 18.8 Å². The molecule has 1 rings (SSSR count). The molecule has 23 heavy (non-hydrogen) atoms. The summed E-state index contributed by atoms with van der Waals surface area (Å²) in [6, 6.07) is 0.357. The van der Waals surface area contributed by atoms with Crippen molar-refractivity contribution in [1.29, 1.82) is 0 Å². The number of carbonyl (C=O) groups excluding carboxylic acids is 1. The molecule has 2 atom stereocenters. The van der Waals surface area contributed by atoms with Gasteiger partial charge in [0.2, 0.25) is 11.3 Å².